The minimum absolute atomic E-state index is 0.456. The molecule has 0 spiro atoms. The third-order valence-electron chi connectivity index (χ3n) is 3.10. The van der Waals surface area contributed by atoms with Crippen LogP contribution in [0.25, 0.3) is 22.2 Å². The molecule has 0 saturated heterocycles. The van der Waals surface area contributed by atoms with Gasteiger partial charge in [-0.15, -0.1) is 0 Å². The van der Waals surface area contributed by atoms with Crippen LogP contribution in [0.3, 0.4) is 0 Å². The van der Waals surface area contributed by atoms with Gasteiger partial charge < -0.3 is 0 Å². The van der Waals surface area contributed by atoms with Gasteiger partial charge in [0.15, 0.2) is 0 Å². The van der Waals surface area contributed by atoms with Crippen molar-refractivity contribution in [1.29, 1.82) is 0 Å². The van der Waals surface area contributed by atoms with Gasteiger partial charge in [0.1, 0.15) is 0 Å². The highest BCUT2D eigenvalue weighted by Gasteiger charge is 2.12. The lowest BCUT2D eigenvalue weighted by Gasteiger charge is -2.08. The van der Waals surface area contributed by atoms with Gasteiger partial charge in [-0.3, -0.25) is 4.79 Å². The molecule has 1 aromatic heterocycles. The van der Waals surface area contributed by atoms with Gasteiger partial charge in [-0.1, -0.05) is 44.0 Å². The maximum Gasteiger partial charge on any atom is 0.253 e. The molecule has 1 heterocycles. The summed E-state index contributed by atoms with van der Waals surface area (Å²) < 4.78 is 1.84. The van der Waals surface area contributed by atoms with Gasteiger partial charge in [0, 0.05) is 25.5 Å². The molecular weight excluding hydrogens is 417 g/mol. The van der Waals surface area contributed by atoms with Crippen LogP contribution in [0.1, 0.15) is 10.4 Å². The molecule has 2 aromatic carbocycles. The number of pyridine rings is 1. The number of halogens is 3. The summed E-state index contributed by atoms with van der Waals surface area (Å²) >= 11 is 12.6. The van der Waals surface area contributed by atoms with Gasteiger partial charge in [-0.25, -0.2) is 4.98 Å². The van der Waals surface area contributed by atoms with Gasteiger partial charge in [-0.2, -0.15) is 0 Å². The van der Waals surface area contributed by atoms with Crippen LogP contribution in [-0.4, -0.2) is 10.2 Å². The number of nitrogens with zero attached hydrogens (tertiary/aromatic N) is 1. The second-order valence-electron chi connectivity index (χ2n) is 4.50. The van der Waals surface area contributed by atoms with Crippen molar-refractivity contribution >= 4 is 59.6 Å². The molecule has 0 atom stereocenters. The van der Waals surface area contributed by atoms with Gasteiger partial charge in [0.05, 0.1) is 11.2 Å². The molecule has 104 valence electrons. The minimum atomic E-state index is -0.489. The monoisotopic (exact) mass is 423 g/mol. The number of aromatic nitrogens is 1. The number of benzene rings is 2. The summed E-state index contributed by atoms with van der Waals surface area (Å²) in [6, 6.07) is 15.1. The summed E-state index contributed by atoms with van der Waals surface area (Å²) in [6.45, 7) is 0. The Kier molecular flexibility index (Phi) is 4.11. The van der Waals surface area contributed by atoms with Crippen molar-refractivity contribution in [1.82, 2.24) is 4.98 Å². The summed E-state index contributed by atoms with van der Waals surface area (Å²) in [5.41, 5.74) is 2.83. The molecule has 21 heavy (non-hydrogen) atoms. The van der Waals surface area contributed by atoms with Crippen molar-refractivity contribution in [3.05, 3.63) is 63.0 Å². The minimum Gasteiger partial charge on any atom is -0.276 e. The van der Waals surface area contributed by atoms with Crippen molar-refractivity contribution in [2.45, 2.75) is 0 Å². The zero-order chi connectivity index (χ0) is 15.0. The predicted octanol–water partition coefficient (Wildman–Crippen LogP) is 5.81. The van der Waals surface area contributed by atoms with Crippen molar-refractivity contribution in [3.8, 4) is 11.3 Å². The summed E-state index contributed by atoms with van der Waals surface area (Å²) in [5.74, 6) is 0. The molecule has 2 nitrogen and oxygen atoms in total. The van der Waals surface area contributed by atoms with Crippen LogP contribution in [0.2, 0.25) is 0 Å². The molecular formula is C16H8Br2ClNO. The average Bonchev–Trinajstić information content (AvgIpc) is 2.46. The molecule has 0 aliphatic heterocycles. The lowest BCUT2D eigenvalue weighted by atomic mass is 10.0. The first-order chi connectivity index (χ1) is 10.0. The topological polar surface area (TPSA) is 30.0 Å². The van der Waals surface area contributed by atoms with Gasteiger partial charge in [-0.05, 0) is 48.0 Å². The molecule has 0 saturated carbocycles. The Morgan fingerprint density at radius 3 is 2.48 bits per heavy atom. The van der Waals surface area contributed by atoms with E-state index < -0.39 is 5.24 Å². The quantitative estimate of drug-likeness (QED) is 0.485. The Hall–Kier alpha value is -1.23. The van der Waals surface area contributed by atoms with Gasteiger partial charge >= 0.3 is 0 Å². The Morgan fingerprint density at radius 2 is 1.76 bits per heavy atom. The molecule has 3 rings (SSSR count). The lowest BCUT2D eigenvalue weighted by Crippen LogP contribution is -1.96. The number of rotatable bonds is 2. The zero-order valence-corrected chi connectivity index (χ0v) is 14.5. The van der Waals surface area contributed by atoms with Gasteiger partial charge in [0.2, 0.25) is 0 Å². The zero-order valence-electron chi connectivity index (χ0n) is 10.6. The van der Waals surface area contributed by atoms with Crippen molar-refractivity contribution in [3.63, 3.8) is 0 Å². The molecule has 0 fully saturated rings. The highest BCUT2D eigenvalue weighted by atomic mass is 79.9. The van der Waals surface area contributed by atoms with E-state index in [-0.39, 0.29) is 0 Å². The van der Waals surface area contributed by atoms with E-state index >= 15 is 0 Å². The molecule has 0 radical (unpaired) electrons. The summed E-state index contributed by atoms with van der Waals surface area (Å²) in [5, 5.41) is 0.250. The summed E-state index contributed by atoms with van der Waals surface area (Å²) in [6.07, 6.45) is 0. The molecule has 0 amide bonds. The standard InChI is InChI=1S/C16H8Br2ClNO/c17-10-3-1-2-9(6-10)15-8-13(16(19)21)12-7-11(18)4-5-14(12)20-15/h1-8H. The highest BCUT2D eigenvalue weighted by molar-refractivity contribution is 9.10. The maximum absolute atomic E-state index is 11.7. The van der Waals surface area contributed by atoms with E-state index in [1.165, 1.54) is 0 Å². The van der Waals surface area contributed by atoms with Crippen LogP contribution in [0.5, 0.6) is 0 Å². The fourth-order valence-electron chi connectivity index (χ4n) is 2.16. The van der Waals surface area contributed by atoms with Crippen molar-refractivity contribution in [2.24, 2.45) is 0 Å². The maximum atomic E-state index is 11.7. The third-order valence-corrected chi connectivity index (χ3v) is 4.29. The van der Waals surface area contributed by atoms with Crippen LogP contribution in [0, 0.1) is 0 Å². The molecule has 5 heteroatoms. The largest absolute Gasteiger partial charge is 0.276 e. The SMILES string of the molecule is O=C(Cl)c1cc(-c2cccc(Br)c2)nc2ccc(Br)cc12. The third kappa shape index (κ3) is 3.03. The Balaban J connectivity index is 2.31. The van der Waals surface area contributed by atoms with Crippen LogP contribution >= 0.6 is 43.5 Å². The van der Waals surface area contributed by atoms with Crippen LogP contribution < -0.4 is 0 Å². The highest BCUT2D eigenvalue weighted by Crippen LogP contribution is 2.29. The fourth-order valence-corrected chi connectivity index (χ4v) is 3.07. The number of carbonyl (C=O) groups excluding carboxylic acids is 1. The van der Waals surface area contributed by atoms with E-state index in [1.54, 1.807) is 6.07 Å². The van der Waals surface area contributed by atoms with E-state index in [1.807, 2.05) is 42.5 Å². The Labute approximate surface area is 143 Å². The van der Waals surface area contributed by atoms with E-state index in [0.717, 1.165) is 31.1 Å². The van der Waals surface area contributed by atoms with E-state index in [2.05, 4.69) is 36.8 Å². The second kappa shape index (κ2) is 5.87. The lowest BCUT2D eigenvalue weighted by molar-refractivity contribution is 0.108. The van der Waals surface area contributed by atoms with E-state index in [0.29, 0.717) is 5.56 Å². The Morgan fingerprint density at radius 1 is 1.00 bits per heavy atom. The predicted molar refractivity (Wildman–Crippen MR) is 92.8 cm³/mol. The summed E-state index contributed by atoms with van der Waals surface area (Å²) in [4.78, 5) is 16.4. The molecule has 0 N–H and O–H groups in total. The number of fused-ring (bicyclic) bond motifs is 1. The van der Waals surface area contributed by atoms with Crippen LogP contribution in [0.4, 0.5) is 0 Å². The normalized spacial score (nSPS) is 10.8. The van der Waals surface area contributed by atoms with Crippen LogP contribution in [0.15, 0.2) is 57.5 Å². The fraction of sp³-hybridized carbons (Fsp3) is 0. The van der Waals surface area contributed by atoms with E-state index in [9.17, 15) is 4.79 Å². The number of hydrogen-bond donors (Lipinski definition) is 0. The smallest absolute Gasteiger partial charge is 0.253 e. The first-order valence-electron chi connectivity index (χ1n) is 6.11. The average molecular weight is 426 g/mol. The first kappa shape index (κ1) is 14.7. The Bertz CT molecular complexity index is 864. The van der Waals surface area contributed by atoms with E-state index in [4.69, 9.17) is 11.6 Å². The molecule has 0 aliphatic rings. The molecule has 0 unspecified atom stereocenters. The van der Waals surface area contributed by atoms with Crippen molar-refractivity contribution in [2.75, 3.05) is 0 Å². The van der Waals surface area contributed by atoms with Crippen molar-refractivity contribution < 1.29 is 4.79 Å². The molecule has 0 aliphatic carbocycles. The number of hydrogen-bond acceptors (Lipinski definition) is 2. The number of carbonyl (C=O) groups is 1. The second-order valence-corrected chi connectivity index (χ2v) is 6.68. The molecule has 3 aromatic rings. The first-order valence-corrected chi connectivity index (χ1v) is 8.07. The molecule has 0 bridgehead atoms. The summed E-state index contributed by atoms with van der Waals surface area (Å²) in [7, 11) is 0. The van der Waals surface area contributed by atoms with Crippen LogP contribution in [-0.2, 0) is 0 Å². The van der Waals surface area contributed by atoms with Gasteiger partial charge in [0.25, 0.3) is 5.24 Å².